The Morgan fingerprint density at radius 2 is 0.667 bits per heavy atom. The molecule has 2 nitrogen and oxygen atoms in total. The van der Waals surface area contributed by atoms with E-state index in [2.05, 4.69) is 225 Å². The van der Waals surface area contributed by atoms with Crippen molar-refractivity contribution in [1.29, 1.82) is 0 Å². The molecule has 0 amide bonds. The van der Waals surface area contributed by atoms with E-state index in [0.717, 1.165) is 0 Å². The van der Waals surface area contributed by atoms with E-state index in [9.17, 15) is 0 Å². The molecule has 2 fully saturated rings. The molecule has 2 aliphatic rings. The van der Waals surface area contributed by atoms with Crippen LogP contribution < -0.4 is 9.80 Å². The van der Waals surface area contributed by atoms with Crippen molar-refractivity contribution in [2.75, 3.05) is 9.80 Å². The first kappa shape index (κ1) is 47.2. The summed E-state index contributed by atoms with van der Waals surface area (Å²) in [6.07, 6.45) is 18.1. The van der Waals surface area contributed by atoms with Gasteiger partial charge in [0.2, 0.25) is 0 Å². The summed E-state index contributed by atoms with van der Waals surface area (Å²) in [5, 5.41) is 0. The van der Waals surface area contributed by atoms with Crippen molar-refractivity contribution in [2.24, 2.45) is 0 Å². The molecule has 0 radical (unpaired) electrons. The molecule has 344 valence electrons. The van der Waals surface area contributed by atoms with Crippen LogP contribution in [-0.2, 0) is 10.8 Å². The van der Waals surface area contributed by atoms with Gasteiger partial charge < -0.3 is 9.80 Å². The standard InChI is InChI=1S/C64H78N2/c1-45(2)47-23-33-55(34-24-47)65(57-37-27-51(28-38-57)49-17-13-11-14-18-49)59-41-31-53(61(43-59)63(5,6)7)21-22-54-32-42-60(44-62(54)64(8,9)10)66(56-35-25-48(26-36-56)46(3)4)58-39-29-52(30-40-58)50-19-15-12-16-20-50/h21-46,49-50H,11-20H2,1-10H3/b22-21+. The van der Waals surface area contributed by atoms with Crippen molar-refractivity contribution in [2.45, 2.75) is 168 Å². The second-order valence-corrected chi connectivity index (χ2v) is 22.4. The molecule has 0 saturated heterocycles. The number of hydrogen-bond donors (Lipinski definition) is 0. The first-order chi connectivity index (χ1) is 31.6. The lowest BCUT2D eigenvalue weighted by atomic mass is 9.81. The van der Waals surface area contributed by atoms with E-state index < -0.39 is 0 Å². The molecule has 2 heteroatoms. The third kappa shape index (κ3) is 10.9. The molecule has 6 aromatic carbocycles. The first-order valence-electron chi connectivity index (χ1n) is 25.6. The van der Waals surface area contributed by atoms with Gasteiger partial charge in [0.1, 0.15) is 0 Å². The van der Waals surface area contributed by atoms with Gasteiger partial charge in [0.15, 0.2) is 0 Å². The topological polar surface area (TPSA) is 6.48 Å². The molecule has 2 saturated carbocycles. The highest BCUT2D eigenvalue weighted by Crippen LogP contribution is 2.43. The molecule has 0 unspecified atom stereocenters. The van der Waals surface area contributed by atoms with E-state index in [0.29, 0.717) is 23.7 Å². The van der Waals surface area contributed by atoms with Crippen molar-refractivity contribution in [3.05, 3.63) is 178 Å². The van der Waals surface area contributed by atoms with Gasteiger partial charge in [-0.15, -0.1) is 0 Å². The number of anilines is 6. The summed E-state index contributed by atoms with van der Waals surface area (Å²) in [7, 11) is 0. The van der Waals surface area contributed by atoms with Crippen LogP contribution in [0.3, 0.4) is 0 Å². The highest BCUT2D eigenvalue weighted by molar-refractivity contribution is 5.82. The predicted octanol–water partition coefficient (Wildman–Crippen LogP) is 19.7. The quantitative estimate of drug-likeness (QED) is 0.113. The molecule has 0 spiro atoms. The van der Waals surface area contributed by atoms with Crippen LogP contribution in [0, 0.1) is 0 Å². The van der Waals surface area contributed by atoms with Gasteiger partial charge in [0, 0.05) is 34.1 Å². The predicted molar refractivity (Wildman–Crippen MR) is 288 cm³/mol. The fraction of sp³-hybridized carbons (Fsp3) is 0.406. The van der Waals surface area contributed by atoms with Gasteiger partial charge in [0.05, 0.1) is 0 Å². The molecular formula is C64H78N2. The summed E-state index contributed by atoms with van der Waals surface area (Å²) < 4.78 is 0. The van der Waals surface area contributed by atoms with E-state index in [1.807, 2.05) is 0 Å². The summed E-state index contributed by atoms with van der Waals surface area (Å²) >= 11 is 0. The van der Waals surface area contributed by atoms with Gasteiger partial charge in [0.25, 0.3) is 0 Å². The zero-order valence-electron chi connectivity index (χ0n) is 42.1. The van der Waals surface area contributed by atoms with E-state index >= 15 is 0 Å². The van der Waals surface area contributed by atoms with Crippen molar-refractivity contribution in [1.82, 2.24) is 0 Å². The van der Waals surface area contributed by atoms with Crippen molar-refractivity contribution < 1.29 is 0 Å². The normalized spacial score (nSPS) is 15.5. The first-order valence-corrected chi connectivity index (χ1v) is 25.6. The lowest BCUT2D eigenvalue weighted by Gasteiger charge is -2.30. The largest absolute Gasteiger partial charge is 0.310 e. The zero-order chi connectivity index (χ0) is 46.6. The Bertz CT molecular complexity index is 2350. The summed E-state index contributed by atoms with van der Waals surface area (Å²) in [6, 6.07) is 51.7. The van der Waals surface area contributed by atoms with Crippen molar-refractivity contribution >= 4 is 46.3 Å². The summed E-state index contributed by atoms with van der Waals surface area (Å²) in [4.78, 5) is 4.92. The molecule has 8 rings (SSSR count). The van der Waals surface area contributed by atoms with E-state index in [1.54, 1.807) is 0 Å². The highest BCUT2D eigenvalue weighted by atomic mass is 15.1. The maximum atomic E-state index is 2.46. The fourth-order valence-corrected chi connectivity index (χ4v) is 10.7. The lowest BCUT2D eigenvalue weighted by molar-refractivity contribution is 0.443. The van der Waals surface area contributed by atoms with E-state index in [4.69, 9.17) is 0 Å². The number of benzene rings is 6. The molecule has 0 N–H and O–H groups in total. The Kier molecular flexibility index (Phi) is 14.5. The monoisotopic (exact) mass is 875 g/mol. The minimum atomic E-state index is -0.0808. The zero-order valence-corrected chi connectivity index (χ0v) is 42.1. The lowest BCUT2D eigenvalue weighted by Crippen LogP contribution is -2.17. The van der Waals surface area contributed by atoms with Crippen LogP contribution in [-0.4, -0.2) is 0 Å². The molecule has 0 heterocycles. The molecule has 2 aliphatic carbocycles. The van der Waals surface area contributed by atoms with Crippen LogP contribution in [0.15, 0.2) is 133 Å². The average molecular weight is 875 g/mol. The van der Waals surface area contributed by atoms with Crippen molar-refractivity contribution in [3.8, 4) is 0 Å². The third-order valence-electron chi connectivity index (χ3n) is 14.7. The van der Waals surface area contributed by atoms with E-state index in [1.165, 1.54) is 143 Å². The van der Waals surface area contributed by atoms with Gasteiger partial charge in [-0.1, -0.05) is 181 Å². The smallest absolute Gasteiger partial charge is 0.0464 e. The maximum Gasteiger partial charge on any atom is 0.0464 e. The molecule has 66 heavy (non-hydrogen) atoms. The van der Waals surface area contributed by atoms with Gasteiger partial charge in [-0.25, -0.2) is 0 Å². The molecule has 0 aliphatic heterocycles. The maximum absolute atomic E-state index is 2.46. The highest BCUT2D eigenvalue weighted by Gasteiger charge is 2.25. The van der Waals surface area contributed by atoms with Crippen LogP contribution in [0.25, 0.3) is 12.2 Å². The Morgan fingerprint density at radius 1 is 0.379 bits per heavy atom. The van der Waals surface area contributed by atoms with Crippen LogP contribution in [0.1, 0.15) is 202 Å². The molecule has 0 bridgehead atoms. The number of nitrogens with zero attached hydrogens (tertiary/aromatic N) is 2. The Labute approximate surface area is 400 Å². The molecule has 0 atom stereocenters. The second kappa shape index (κ2) is 20.3. The third-order valence-corrected chi connectivity index (χ3v) is 14.7. The average Bonchev–Trinajstić information content (AvgIpc) is 3.32. The second-order valence-electron chi connectivity index (χ2n) is 22.4. The van der Waals surface area contributed by atoms with Gasteiger partial charge in [-0.05, 0) is 177 Å². The summed E-state index contributed by atoms with van der Waals surface area (Å²) in [6.45, 7) is 23.2. The Hall–Kier alpha value is -5.34. The van der Waals surface area contributed by atoms with Crippen LogP contribution in [0.4, 0.5) is 34.1 Å². The van der Waals surface area contributed by atoms with E-state index in [-0.39, 0.29) is 10.8 Å². The number of rotatable bonds is 12. The van der Waals surface area contributed by atoms with Gasteiger partial charge >= 0.3 is 0 Å². The molecular weight excluding hydrogens is 797 g/mol. The fourth-order valence-electron chi connectivity index (χ4n) is 10.7. The van der Waals surface area contributed by atoms with Crippen LogP contribution >= 0.6 is 0 Å². The van der Waals surface area contributed by atoms with Crippen LogP contribution in [0.5, 0.6) is 0 Å². The summed E-state index contributed by atoms with van der Waals surface area (Å²) in [5.74, 6) is 2.34. The molecule has 0 aromatic heterocycles. The Balaban J connectivity index is 1.16. The van der Waals surface area contributed by atoms with Crippen LogP contribution in [0.2, 0.25) is 0 Å². The number of hydrogen-bond acceptors (Lipinski definition) is 2. The van der Waals surface area contributed by atoms with Gasteiger partial charge in [-0.2, -0.15) is 0 Å². The summed E-state index contributed by atoms with van der Waals surface area (Å²) in [5.41, 5.74) is 17.9. The van der Waals surface area contributed by atoms with Crippen molar-refractivity contribution in [3.63, 3.8) is 0 Å². The molecule has 6 aromatic rings. The van der Waals surface area contributed by atoms with Gasteiger partial charge in [-0.3, -0.25) is 0 Å². The minimum absolute atomic E-state index is 0.0808. The SMILES string of the molecule is CC(C)c1ccc(N(c2ccc(C3CCCCC3)cc2)c2ccc(/C=C/c3ccc(N(c4ccc(C(C)C)cc4)c4ccc(C5CCCCC5)cc4)cc3C(C)(C)C)c(C(C)(C)C)c2)cc1. The Morgan fingerprint density at radius 3 is 0.955 bits per heavy atom. The minimum Gasteiger partial charge on any atom is -0.310 e.